The molecule has 0 atom stereocenters. The molecule has 1 aromatic heterocycles. The number of carbonyl (C=O) groups is 1. The molecule has 0 aliphatic heterocycles. The van der Waals surface area contributed by atoms with Gasteiger partial charge in [-0.2, -0.15) is 5.26 Å². The normalized spacial score (nSPS) is 9.44. The van der Waals surface area contributed by atoms with Crippen LogP contribution in [0.15, 0.2) is 0 Å². The molecule has 1 aromatic rings. The first kappa shape index (κ1) is 16.7. The largest absolute Gasteiger partial charge is 0.462 e. The van der Waals surface area contributed by atoms with Crippen LogP contribution in [0.1, 0.15) is 66.2 Å². The summed E-state index contributed by atoms with van der Waals surface area (Å²) in [4.78, 5) is 13.2. The number of carbonyl (C=O) groups excluding carboxylic acids is 1. The molecule has 0 fully saturated rings. The summed E-state index contributed by atoms with van der Waals surface area (Å²) in [5.74, 6) is -0.0741. The zero-order valence-corrected chi connectivity index (χ0v) is 12.8. The molecule has 0 saturated heterocycles. The van der Waals surface area contributed by atoms with Crippen LogP contribution in [0.5, 0.6) is 0 Å². The molecule has 3 nitrogen and oxygen atoms in total. The fourth-order valence-corrected chi connectivity index (χ4v) is 2.63. The van der Waals surface area contributed by atoms with Gasteiger partial charge in [0.2, 0.25) is 0 Å². The molecular weight excluding hydrogens is 246 g/mol. The van der Waals surface area contributed by atoms with Gasteiger partial charge in [-0.15, -0.1) is 11.3 Å². The van der Waals surface area contributed by atoms with Crippen LogP contribution in [0, 0.1) is 18.3 Å². The lowest BCUT2D eigenvalue weighted by molar-refractivity contribution is 0.0531. The highest BCUT2D eigenvalue weighted by atomic mass is 32.1. The van der Waals surface area contributed by atoms with E-state index in [1.54, 1.807) is 13.8 Å². The molecule has 18 heavy (non-hydrogen) atoms. The number of rotatable bonds is 3. The van der Waals surface area contributed by atoms with Crippen LogP contribution in [-0.2, 0) is 4.74 Å². The van der Waals surface area contributed by atoms with Crippen LogP contribution >= 0.6 is 11.3 Å². The lowest BCUT2D eigenvalue weighted by atomic mass is 10.0. The van der Waals surface area contributed by atoms with Gasteiger partial charge >= 0.3 is 5.97 Å². The van der Waals surface area contributed by atoms with E-state index in [9.17, 15) is 4.79 Å². The van der Waals surface area contributed by atoms with Gasteiger partial charge < -0.3 is 4.74 Å². The van der Waals surface area contributed by atoms with Gasteiger partial charge in [0.05, 0.1) is 12.2 Å². The van der Waals surface area contributed by atoms with Crippen molar-refractivity contribution in [2.45, 2.75) is 47.5 Å². The number of esters is 1. The van der Waals surface area contributed by atoms with Crippen molar-refractivity contribution in [2.24, 2.45) is 0 Å². The SMILES string of the molecule is CC.CCOC(=O)c1sc(C(C)C)c(C#N)c1C. The topological polar surface area (TPSA) is 50.1 Å². The molecule has 0 radical (unpaired) electrons. The van der Waals surface area contributed by atoms with Crippen molar-refractivity contribution in [2.75, 3.05) is 6.61 Å². The van der Waals surface area contributed by atoms with E-state index in [2.05, 4.69) is 6.07 Å². The fourth-order valence-electron chi connectivity index (χ4n) is 1.47. The Balaban J connectivity index is 0.00000137. The van der Waals surface area contributed by atoms with Gasteiger partial charge in [-0.05, 0) is 25.3 Å². The van der Waals surface area contributed by atoms with Crippen molar-refractivity contribution in [3.63, 3.8) is 0 Å². The maximum Gasteiger partial charge on any atom is 0.348 e. The average Bonchev–Trinajstić information content (AvgIpc) is 2.69. The van der Waals surface area contributed by atoms with E-state index in [-0.39, 0.29) is 11.9 Å². The minimum Gasteiger partial charge on any atom is -0.462 e. The number of nitriles is 1. The summed E-state index contributed by atoms with van der Waals surface area (Å²) < 4.78 is 4.96. The molecular formula is C14H21NO2S. The van der Waals surface area contributed by atoms with Crippen molar-refractivity contribution < 1.29 is 9.53 Å². The molecule has 0 aliphatic rings. The second-order valence-corrected chi connectivity index (χ2v) is 4.83. The third-order valence-electron chi connectivity index (χ3n) is 2.27. The van der Waals surface area contributed by atoms with E-state index in [0.717, 1.165) is 10.4 Å². The van der Waals surface area contributed by atoms with Crippen LogP contribution < -0.4 is 0 Å². The van der Waals surface area contributed by atoms with Gasteiger partial charge in [0.1, 0.15) is 10.9 Å². The Kier molecular flexibility index (Phi) is 7.30. The summed E-state index contributed by atoms with van der Waals surface area (Å²) >= 11 is 1.37. The standard InChI is InChI=1S/C12H15NO2S.C2H6/c1-5-15-12(14)11-8(4)9(6-13)10(16-11)7(2)3;1-2/h7H,5H2,1-4H3;1-2H3. The van der Waals surface area contributed by atoms with E-state index in [0.29, 0.717) is 17.0 Å². The maximum atomic E-state index is 11.6. The van der Waals surface area contributed by atoms with E-state index >= 15 is 0 Å². The molecule has 0 aromatic carbocycles. The van der Waals surface area contributed by atoms with Gasteiger partial charge in [0.25, 0.3) is 0 Å². The molecule has 0 spiro atoms. The molecule has 0 bridgehead atoms. The average molecular weight is 267 g/mol. The molecule has 100 valence electrons. The predicted molar refractivity (Wildman–Crippen MR) is 75.2 cm³/mol. The Labute approximate surface area is 113 Å². The van der Waals surface area contributed by atoms with Gasteiger partial charge in [0.15, 0.2) is 0 Å². The maximum absolute atomic E-state index is 11.6. The van der Waals surface area contributed by atoms with Gasteiger partial charge in [-0.25, -0.2) is 4.79 Å². The number of hydrogen-bond acceptors (Lipinski definition) is 4. The molecule has 0 unspecified atom stereocenters. The highest BCUT2D eigenvalue weighted by Gasteiger charge is 2.22. The highest BCUT2D eigenvalue weighted by molar-refractivity contribution is 7.14. The molecule has 0 amide bonds. The van der Waals surface area contributed by atoms with Crippen LogP contribution in [0.3, 0.4) is 0 Å². The van der Waals surface area contributed by atoms with E-state index in [1.807, 2.05) is 27.7 Å². The second kappa shape index (κ2) is 7.88. The smallest absolute Gasteiger partial charge is 0.348 e. The zero-order chi connectivity index (χ0) is 14.3. The van der Waals surface area contributed by atoms with Crippen LogP contribution in [-0.4, -0.2) is 12.6 Å². The Morgan fingerprint density at radius 1 is 1.44 bits per heavy atom. The minimum atomic E-state index is -0.326. The highest BCUT2D eigenvalue weighted by Crippen LogP contribution is 2.33. The number of ether oxygens (including phenoxy) is 1. The third-order valence-corrected chi connectivity index (χ3v) is 3.84. The predicted octanol–water partition coefficient (Wildman–Crippen LogP) is 4.25. The van der Waals surface area contributed by atoms with Crippen molar-refractivity contribution in [1.82, 2.24) is 0 Å². The summed E-state index contributed by atoms with van der Waals surface area (Å²) in [5.41, 5.74) is 1.37. The minimum absolute atomic E-state index is 0.251. The first-order valence-corrected chi connectivity index (χ1v) is 7.05. The summed E-state index contributed by atoms with van der Waals surface area (Å²) in [6.07, 6.45) is 0. The Morgan fingerprint density at radius 2 is 2.00 bits per heavy atom. The van der Waals surface area contributed by atoms with E-state index in [4.69, 9.17) is 10.00 Å². The number of thiophene rings is 1. The van der Waals surface area contributed by atoms with Crippen molar-refractivity contribution in [3.8, 4) is 6.07 Å². The second-order valence-electron chi connectivity index (χ2n) is 3.78. The Bertz CT molecular complexity index is 441. The monoisotopic (exact) mass is 267 g/mol. The molecule has 4 heteroatoms. The zero-order valence-electron chi connectivity index (χ0n) is 12.0. The molecule has 0 aliphatic carbocycles. The molecule has 0 saturated carbocycles. The van der Waals surface area contributed by atoms with Gasteiger partial charge in [0, 0.05) is 4.88 Å². The molecule has 0 N–H and O–H groups in total. The number of hydrogen-bond donors (Lipinski definition) is 0. The summed E-state index contributed by atoms with van der Waals surface area (Å²) in [5, 5.41) is 9.08. The first-order chi connectivity index (χ1) is 8.52. The Morgan fingerprint density at radius 3 is 2.33 bits per heavy atom. The Hall–Kier alpha value is -1.34. The summed E-state index contributed by atoms with van der Waals surface area (Å²) in [6.45, 7) is 12.0. The van der Waals surface area contributed by atoms with Crippen LogP contribution in [0.4, 0.5) is 0 Å². The van der Waals surface area contributed by atoms with Gasteiger partial charge in [-0.1, -0.05) is 27.7 Å². The number of nitrogens with zero attached hydrogens (tertiary/aromatic N) is 1. The fraction of sp³-hybridized carbons (Fsp3) is 0.571. The lowest BCUT2D eigenvalue weighted by Crippen LogP contribution is -2.03. The van der Waals surface area contributed by atoms with E-state index in [1.165, 1.54) is 11.3 Å². The summed E-state index contributed by atoms with van der Waals surface area (Å²) in [6, 6.07) is 2.17. The molecule has 1 heterocycles. The van der Waals surface area contributed by atoms with Crippen molar-refractivity contribution in [3.05, 3.63) is 20.9 Å². The lowest BCUT2D eigenvalue weighted by Gasteiger charge is -2.00. The van der Waals surface area contributed by atoms with Crippen molar-refractivity contribution in [1.29, 1.82) is 5.26 Å². The van der Waals surface area contributed by atoms with Crippen LogP contribution in [0.25, 0.3) is 0 Å². The first-order valence-electron chi connectivity index (χ1n) is 6.23. The third kappa shape index (κ3) is 3.58. The van der Waals surface area contributed by atoms with E-state index < -0.39 is 0 Å². The quantitative estimate of drug-likeness (QED) is 0.769. The summed E-state index contributed by atoms with van der Waals surface area (Å²) in [7, 11) is 0. The molecule has 1 rings (SSSR count). The van der Waals surface area contributed by atoms with Crippen LogP contribution in [0.2, 0.25) is 0 Å². The van der Waals surface area contributed by atoms with Gasteiger partial charge in [-0.3, -0.25) is 0 Å². The van der Waals surface area contributed by atoms with Crippen molar-refractivity contribution >= 4 is 17.3 Å².